The number of halogens is 2. The van der Waals surface area contributed by atoms with Gasteiger partial charge >= 0.3 is 0 Å². The van der Waals surface area contributed by atoms with Crippen molar-refractivity contribution in [3.8, 4) is 5.75 Å². The van der Waals surface area contributed by atoms with Gasteiger partial charge in [0, 0.05) is 17.2 Å². The van der Waals surface area contributed by atoms with Gasteiger partial charge < -0.3 is 4.74 Å². The van der Waals surface area contributed by atoms with Crippen LogP contribution in [0.3, 0.4) is 0 Å². The van der Waals surface area contributed by atoms with Gasteiger partial charge in [0.1, 0.15) is 5.75 Å². The molecular weight excluding hydrogens is 431 g/mol. The van der Waals surface area contributed by atoms with Crippen molar-refractivity contribution in [2.75, 3.05) is 0 Å². The van der Waals surface area contributed by atoms with E-state index in [1.54, 1.807) is 0 Å². The Kier molecular flexibility index (Phi) is 6.91. The van der Waals surface area contributed by atoms with Crippen molar-refractivity contribution < 1.29 is 24.2 Å². The third-order valence-corrected chi connectivity index (χ3v) is 3.98. The van der Waals surface area contributed by atoms with Crippen molar-refractivity contribution in [1.29, 1.82) is 0 Å². The van der Waals surface area contributed by atoms with Crippen molar-refractivity contribution in [3.63, 3.8) is 0 Å². The van der Waals surface area contributed by atoms with Crippen molar-refractivity contribution in [2.45, 2.75) is 13.0 Å². The van der Waals surface area contributed by atoms with Gasteiger partial charge in [0.15, 0.2) is 6.10 Å². The molecule has 0 aliphatic heterocycles. The molecule has 0 aliphatic rings. The molecule has 29 heavy (non-hydrogen) atoms. The number of nitro benzene ring substituents is 2. The van der Waals surface area contributed by atoms with Crippen LogP contribution >= 0.6 is 23.2 Å². The van der Waals surface area contributed by atoms with Gasteiger partial charge in [-0.05, 0) is 25.1 Å². The lowest BCUT2D eigenvalue weighted by Gasteiger charge is -2.16. The average molecular weight is 443 g/mol. The van der Waals surface area contributed by atoms with Crippen LogP contribution in [0.15, 0.2) is 36.4 Å². The number of rotatable bonds is 6. The van der Waals surface area contributed by atoms with Gasteiger partial charge in [-0.25, -0.2) is 0 Å². The average Bonchev–Trinajstić information content (AvgIpc) is 2.67. The van der Waals surface area contributed by atoms with Crippen molar-refractivity contribution in [2.24, 2.45) is 0 Å². The van der Waals surface area contributed by atoms with Gasteiger partial charge in [0.05, 0.1) is 26.5 Å². The molecule has 13 heteroatoms. The van der Waals surface area contributed by atoms with E-state index in [1.165, 1.54) is 25.1 Å². The molecule has 0 saturated heterocycles. The predicted molar refractivity (Wildman–Crippen MR) is 102 cm³/mol. The van der Waals surface area contributed by atoms with E-state index in [0.29, 0.717) is 11.1 Å². The van der Waals surface area contributed by atoms with E-state index in [4.69, 9.17) is 27.9 Å². The maximum atomic E-state index is 12.1. The van der Waals surface area contributed by atoms with E-state index in [0.717, 1.165) is 12.1 Å². The Morgan fingerprint density at radius 2 is 1.59 bits per heavy atom. The van der Waals surface area contributed by atoms with Gasteiger partial charge in [-0.1, -0.05) is 23.2 Å². The van der Waals surface area contributed by atoms with Crippen LogP contribution in [0.1, 0.15) is 17.3 Å². The van der Waals surface area contributed by atoms with E-state index >= 15 is 0 Å². The molecule has 2 aromatic carbocycles. The summed E-state index contributed by atoms with van der Waals surface area (Å²) in [6.07, 6.45) is -1.09. The molecule has 2 amide bonds. The molecule has 0 aromatic heterocycles. The molecule has 1 unspecified atom stereocenters. The lowest BCUT2D eigenvalue weighted by molar-refractivity contribution is -0.394. The van der Waals surface area contributed by atoms with Gasteiger partial charge in [-0.15, -0.1) is 0 Å². The zero-order chi connectivity index (χ0) is 21.7. The number of amides is 2. The van der Waals surface area contributed by atoms with E-state index in [1.807, 2.05) is 5.43 Å². The normalized spacial score (nSPS) is 11.3. The van der Waals surface area contributed by atoms with Crippen molar-refractivity contribution in [1.82, 2.24) is 10.9 Å². The first-order valence-corrected chi connectivity index (χ1v) is 8.50. The Hall–Kier alpha value is -3.44. The number of carbonyl (C=O) groups excluding carboxylic acids is 2. The molecule has 152 valence electrons. The van der Waals surface area contributed by atoms with Crippen LogP contribution in [0.4, 0.5) is 11.4 Å². The first kappa shape index (κ1) is 21.9. The predicted octanol–water partition coefficient (Wildman–Crippen LogP) is 3.04. The molecule has 0 spiro atoms. The van der Waals surface area contributed by atoms with Gasteiger partial charge in [0.25, 0.3) is 23.2 Å². The van der Waals surface area contributed by atoms with E-state index in [-0.39, 0.29) is 16.3 Å². The van der Waals surface area contributed by atoms with Gasteiger partial charge in [-0.3, -0.25) is 40.7 Å². The summed E-state index contributed by atoms with van der Waals surface area (Å²) in [5, 5.41) is 22.3. The van der Waals surface area contributed by atoms with Gasteiger partial charge in [0.2, 0.25) is 0 Å². The summed E-state index contributed by atoms with van der Waals surface area (Å²) >= 11 is 11.7. The number of nitrogens with one attached hydrogen (secondary N) is 2. The lowest BCUT2D eigenvalue weighted by atomic mass is 10.1. The number of nitro groups is 2. The number of benzene rings is 2. The summed E-state index contributed by atoms with van der Waals surface area (Å²) in [6.45, 7) is 1.38. The first-order valence-electron chi connectivity index (χ1n) is 7.74. The fourth-order valence-electron chi connectivity index (χ4n) is 2.04. The summed E-state index contributed by atoms with van der Waals surface area (Å²) in [4.78, 5) is 44.2. The molecule has 11 nitrogen and oxygen atoms in total. The molecule has 0 fully saturated rings. The molecule has 2 rings (SSSR count). The Morgan fingerprint density at radius 3 is 2.10 bits per heavy atom. The molecule has 0 heterocycles. The number of ether oxygens (including phenoxy) is 1. The third-order valence-electron chi connectivity index (χ3n) is 3.45. The van der Waals surface area contributed by atoms with Crippen LogP contribution in [-0.2, 0) is 4.79 Å². The highest BCUT2D eigenvalue weighted by Gasteiger charge is 2.21. The minimum absolute atomic E-state index is 0.171. The lowest BCUT2D eigenvalue weighted by Crippen LogP contribution is -2.47. The highest BCUT2D eigenvalue weighted by Crippen LogP contribution is 2.28. The highest BCUT2D eigenvalue weighted by molar-refractivity contribution is 6.35. The molecular formula is C16H12Cl2N4O7. The zero-order valence-corrected chi connectivity index (χ0v) is 16.1. The second-order valence-electron chi connectivity index (χ2n) is 5.53. The second-order valence-corrected chi connectivity index (χ2v) is 6.37. The minimum Gasteiger partial charge on any atom is -0.479 e. The van der Waals surface area contributed by atoms with Crippen LogP contribution in [-0.4, -0.2) is 27.8 Å². The maximum Gasteiger partial charge on any atom is 0.279 e. The SMILES string of the molecule is CC(Oc1ccc(Cl)cc1Cl)C(=O)NNC(=O)c1cc([N+](=O)[O-])cc([N+](=O)[O-])c1. The van der Waals surface area contributed by atoms with Crippen LogP contribution in [0.25, 0.3) is 0 Å². The number of non-ortho nitro benzene ring substituents is 2. The molecule has 0 radical (unpaired) electrons. The quantitative estimate of drug-likeness (QED) is 0.514. The topological polar surface area (TPSA) is 154 Å². The van der Waals surface area contributed by atoms with E-state index in [9.17, 15) is 29.8 Å². The van der Waals surface area contributed by atoms with E-state index in [2.05, 4.69) is 5.43 Å². The number of hydrogen-bond donors (Lipinski definition) is 2. The Morgan fingerprint density at radius 1 is 1.00 bits per heavy atom. The van der Waals surface area contributed by atoms with Crippen molar-refractivity contribution in [3.05, 3.63) is 72.2 Å². The van der Waals surface area contributed by atoms with Crippen LogP contribution in [0.5, 0.6) is 5.75 Å². The van der Waals surface area contributed by atoms with Crippen molar-refractivity contribution >= 4 is 46.4 Å². The molecule has 2 N–H and O–H groups in total. The number of hydrazine groups is 1. The third kappa shape index (κ3) is 5.77. The molecule has 1 atom stereocenters. The standard InChI is InChI=1S/C16H12Cl2N4O7/c1-8(29-14-3-2-10(17)6-13(14)18)15(23)19-20-16(24)9-4-11(21(25)26)7-12(5-9)22(27)28/h2-8H,1H3,(H,19,23)(H,20,24). The number of carbonyl (C=O) groups is 2. The smallest absolute Gasteiger partial charge is 0.279 e. The Balaban J connectivity index is 2.05. The highest BCUT2D eigenvalue weighted by atomic mass is 35.5. The maximum absolute atomic E-state index is 12.1. The largest absolute Gasteiger partial charge is 0.479 e. The first-order chi connectivity index (χ1) is 13.6. The molecule has 0 saturated carbocycles. The number of hydrogen-bond acceptors (Lipinski definition) is 7. The fourth-order valence-corrected chi connectivity index (χ4v) is 2.50. The molecule has 0 bridgehead atoms. The summed E-state index contributed by atoms with van der Waals surface area (Å²) in [7, 11) is 0. The van der Waals surface area contributed by atoms with E-state index < -0.39 is 39.1 Å². The second kappa shape index (κ2) is 9.17. The fraction of sp³-hybridized carbons (Fsp3) is 0.125. The van der Waals surface area contributed by atoms with Crippen LogP contribution in [0, 0.1) is 20.2 Å². The summed E-state index contributed by atoms with van der Waals surface area (Å²) in [5.41, 5.74) is 2.38. The molecule has 0 aliphatic carbocycles. The van der Waals surface area contributed by atoms with Crippen LogP contribution in [0.2, 0.25) is 10.0 Å². The minimum atomic E-state index is -1.09. The Labute approximate surface area is 172 Å². The van der Waals surface area contributed by atoms with Crippen LogP contribution < -0.4 is 15.6 Å². The monoisotopic (exact) mass is 442 g/mol. The Bertz CT molecular complexity index is 967. The zero-order valence-electron chi connectivity index (χ0n) is 14.5. The van der Waals surface area contributed by atoms with Gasteiger partial charge in [-0.2, -0.15) is 0 Å². The summed E-state index contributed by atoms with van der Waals surface area (Å²) in [5.74, 6) is -1.59. The number of nitrogens with zero attached hydrogens (tertiary/aromatic N) is 2. The summed E-state index contributed by atoms with van der Waals surface area (Å²) in [6, 6.07) is 6.75. The molecule has 2 aromatic rings. The summed E-state index contributed by atoms with van der Waals surface area (Å²) < 4.78 is 5.37.